The van der Waals surface area contributed by atoms with Crippen molar-refractivity contribution in [3.63, 3.8) is 0 Å². The zero-order valence-electron chi connectivity index (χ0n) is 20.0. The first-order valence-corrected chi connectivity index (χ1v) is 11.7. The molecule has 1 aromatic carbocycles. The van der Waals surface area contributed by atoms with Gasteiger partial charge in [-0.1, -0.05) is 58.4 Å². The molecule has 32 heavy (non-hydrogen) atoms. The van der Waals surface area contributed by atoms with Crippen LogP contribution in [0.25, 0.3) is 0 Å². The van der Waals surface area contributed by atoms with Crippen molar-refractivity contribution in [2.45, 2.75) is 77.7 Å². The van der Waals surface area contributed by atoms with E-state index in [2.05, 4.69) is 24.2 Å². The van der Waals surface area contributed by atoms with Gasteiger partial charge in [0.05, 0.1) is 20.6 Å². The monoisotopic (exact) mass is 445 g/mol. The van der Waals surface area contributed by atoms with Crippen molar-refractivity contribution in [3.05, 3.63) is 23.8 Å². The van der Waals surface area contributed by atoms with Crippen LogP contribution in [0.3, 0.4) is 0 Å². The second-order valence-electron chi connectivity index (χ2n) is 8.87. The average molecular weight is 446 g/mol. The van der Waals surface area contributed by atoms with Crippen molar-refractivity contribution in [1.82, 2.24) is 5.32 Å². The standard InChI is InChI=1S/C25H39N3O4/c1-5-17(2)13-21(29)20(14-18-9-7-6-8-10-18)27-25(26)28-24(30)16-19-11-12-22(31-3)23(15-19)32-4/h11-12,15,17-18,20H,5-10,13-14,16H2,1-4H3,(H3,26,27,28,30)/t17-,20-/m1/s1. The third-order valence-corrected chi connectivity index (χ3v) is 6.27. The Morgan fingerprint density at radius 2 is 1.84 bits per heavy atom. The minimum absolute atomic E-state index is 0.00814. The summed E-state index contributed by atoms with van der Waals surface area (Å²) in [6.45, 7) is 4.16. The first-order valence-electron chi connectivity index (χ1n) is 11.7. The number of amides is 1. The molecule has 0 spiro atoms. The van der Waals surface area contributed by atoms with Gasteiger partial charge in [-0.3, -0.25) is 14.9 Å². The molecule has 7 heteroatoms. The summed E-state index contributed by atoms with van der Waals surface area (Å²) in [5, 5.41) is 2.65. The topological polar surface area (TPSA) is 103 Å². The Morgan fingerprint density at radius 3 is 2.47 bits per heavy atom. The number of nitrogens with zero attached hydrogens (tertiary/aromatic N) is 1. The van der Waals surface area contributed by atoms with Crippen LogP contribution in [0.2, 0.25) is 0 Å². The molecule has 1 aliphatic rings. The van der Waals surface area contributed by atoms with Crippen LogP contribution in [-0.2, 0) is 16.0 Å². The molecule has 1 aliphatic carbocycles. The molecule has 2 rings (SSSR count). The number of rotatable bonds is 11. The highest BCUT2D eigenvalue weighted by Gasteiger charge is 2.25. The Hall–Kier alpha value is -2.57. The highest BCUT2D eigenvalue weighted by atomic mass is 16.5. The van der Waals surface area contributed by atoms with Crippen molar-refractivity contribution in [3.8, 4) is 11.5 Å². The summed E-state index contributed by atoms with van der Waals surface area (Å²) in [5.41, 5.74) is 6.82. The second kappa shape index (κ2) is 13.1. The molecule has 1 aromatic rings. The molecule has 3 N–H and O–H groups in total. The molecule has 0 heterocycles. The number of hydrogen-bond acceptors (Lipinski definition) is 5. The van der Waals surface area contributed by atoms with Crippen LogP contribution in [0, 0.1) is 11.8 Å². The molecule has 0 aliphatic heterocycles. The smallest absolute Gasteiger partial charge is 0.231 e. The fraction of sp³-hybridized carbons (Fsp3) is 0.640. The molecule has 0 unspecified atom stereocenters. The number of nitrogens with one attached hydrogen (secondary N) is 1. The van der Waals surface area contributed by atoms with E-state index in [-0.39, 0.29) is 24.1 Å². The number of benzene rings is 1. The number of nitrogens with two attached hydrogens (primary N) is 1. The van der Waals surface area contributed by atoms with Gasteiger partial charge < -0.3 is 15.2 Å². The number of guanidine groups is 1. The fourth-order valence-electron chi connectivity index (χ4n) is 4.18. The second-order valence-corrected chi connectivity index (χ2v) is 8.87. The molecule has 1 saturated carbocycles. The van der Waals surface area contributed by atoms with Crippen LogP contribution < -0.4 is 20.5 Å². The van der Waals surface area contributed by atoms with E-state index in [1.54, 1.807) is 32.4 Å². The van der Waals surface area contributed by atoms with Gasteiger partial charge in [-0.15, -0.1) is 0 Å². The minimum Gasteiger partial charge on any atom is -0.493 e. The Balaban J connectivity index is 2.04. The zero-order valence-corrected chi connectivity index (χ0v) is 20.0. The van der Waals surface area contributed by atoms with Gasteiger partial charge in [0.1, 0.15) is 6.04 Å². The molecule has 1 amide bonds. The highest BCUT2D eigenvalue weighted by Crippen LogP contribution is 2.29. The van der Waals surface area contributed by atoms with Gasteiger partial charge in [-0.2, -0.15) is 0 Å². The highest BCUT2D eigenvalue weighted by molar-refractivity contribution is 5.98. The number of Topliss-reactive ketones (excluding diaryl/α,β-unsaturated/α-hetero) is 1. The van der Waals surface area contributed by atoms with E-state index in [0.29, 0.717) is 36.2 Å². The van der Waals surface area contributed by atoms with Crippen LogP contribution in [0.1, 0.15) is 70.8 Å². The normalized spacial score (nSPS) is 16.8. The van der Waals surface area contributed by atoms with Crippen LogP contribution in [0.15, 0.2) is 23.2 Å². The van der Waals surface area contributed by atoms with Crippen LogP contribution in [0.4, 0.5) is 0 Å². The van der Waals surface area contributed by atoms with E-state index in [1.165, 1.54) is 19.3 Å². The minimum atomic E-state index is -0.492. The van der Waals surface area contributed by atoms with Crippen molar-refractivity contribution in [2.24, 2.45) is 22.6 Å². The van der Waals surface area contributed by atoms with Crippen molar-refractivity contribution < 1.29 is 19.1 Å². The maximum absolute atomic E-state index is 12.9. The molecular weight excluding hydrogens is 406 g/mol. The van der Waals surface area contributed by atoms with E-state index in [1.807, 2.05) is 0 Å². The van der Waals surface area contributed by atoms with Crippen molar-refractivity contribution in [2.75, 3.05) is 14.2 Å². The third kappa shape index (κ3) is 8.17. The largest absolute Gasteiger partial charge is 0.493 e. The number of hydrogen-bond donors (Lipinski definition) is 2. The average Bonchev–Trinajstić information content (AvgIpc) is 2.78. The molecule has 7 nitrogen and oxygen atoms in total. The summed E-state index contributed by atoms with van der Waals surface area (Å²) in [5.74, 6) is 1.80. The number of aliphatic imine (C=N–C) groups is 1. The first-order chi connectivity index (χ1) is 15.4. The van der Waals surface area contributed by atoms with E-state index < -0.39 is 6.04 Å². The predicted molar refractivity (Wildman–Crippen MR) is 127 cm³/mol. The molecule has 178 valence electrons. The SMILES string of the molecule is CC[C@@H](C)CC(=O)[C@@H](CC1CCCCC1)N=C(N)NC(=O)Cc1ccc(OC)c(OC)c1. The lowest BCUT2D eigenvalue weighted by molar-refractivity contribution is -0.122. The van der Waals surface area contributed by atoms with Gasteiger partial charge in [-0.25, -0.2) is 4.99 Å². The summed E-state index contributed by atoms with van der Waals surface area (Å²) in [6, 6.07) is 4.82. The molecule has 0 saturated heterocycles. The molecular formula is C25H39N3O4. The number of carbonyl (C=O) groups excluding carboxylic acids is 2. The lowest BCUT2D eigenvalue weighted by atomic mass is 9.83. The fourth-order valence-corrected chi connectivity index (χ4v) is 4.18. The summed E-state index contributed by atoms with van der Waals surface area (Å²) >= 11 is 0. The quantitative estimate of drug-likeness (QED) is 0.395. The lowest BCUT2D eigenvalue weighted by Crippen LogP contribution is -2.40. The van der Waals surface area contributed by atoms with Gasteiger partial charge in [-0.05, 0) is 36.0 Å². The van der Waals surface area contributed by atoms with E-state index in [9.17, 15) is 9.59 Å². The molecule has 0 radical (unpaired) electrons. The lowest BCUT2D eigenvalue weighted by Gasteiger charge is -2.25. The Labute approximate surface area is 192 Å². The van der Waals surface area contributed by atoms with Crippen molar-refractivity contribution >= 4 is 17.6 Å². The van der Waals surface area contributed by atoms with Crippen molar-refractivity contribution in [1.29, 1.82) is 0 Å². The van der Waals surface area contributed by atoms with Gasteiger partial charge >= 0.3 is 0 Å². The van der Waals surface area contributed by atoms with E-state index in [4.69, 9.17) is 15.2 Å². The number of carbonyl (C=O) groups is 2. The molecule has 0 bridgehead atoms. The zero-order chi connectivity index (χ0) is 23.5. The number of methoxy groups -OCH3 is 2. The van der Waals surface area contributed by atoms with Gasteiger partial charge in [0, 0.05) is 6.42 Å². The van der Waals surface area contributed by atoms with E-state index >= 15 is 0 Å². The number of ether oxygens (including phenoxy) is 2. The molecule has 0 aromatic heterocycles. The van der Waals surface area contributed by atoms with Crippen LogP contribution >= 0.6 is 0 Å². The third-order valence-electron chi connectivity index (χ3n) is 6.27. The Bertz CT molecular complexity index is 787. The molecule has 2 atom stereocenters. The van der Waals surface area contributed by atoms with E-state index in [0.717, 1.165) is 24.8 Å². The maximum Gasteiger partial charge on any atom is 0.231 e. The first kappa shape index (κ1) is 25.7. The summed E-state index contributed by atoms with van der Waals surface area (Å²) in [6.07, 6.45) is 8.21. The van der Waals surface area contributed by atoms with Gasteiger partial charge in [0.2, 0.25) is 5.91 Å². The van der Waals surface area contributed by atoms with Crippen LogP contribution in [-0.4, -0.2) is 37.9 Å². The maximum atomic E-state index is 12.9. The van der Waals surface area contributed by atoms with Gasteiger partial charge in [0.15, 0.2) is 23.2 Å². The summed E-state index contributed by atoms with van der Waals surface area (Å²) in [4.78, 5) is 29.9. The van der Waals surface area contributed by atoms with Gasteiger partial charge in [0.25, 0.3) is 0 Å². The Kier molecular flexibility index (Phi) is 10.5. The predicted octanol–water partition coefficient (Wildman–Crippen LogP) is 4.02. The van der Waals surface area contributed by atoms with Crippen LogP contribution in [0.5, 0.6) is 11.5 Å². The Morgan fingerprint density at radius 1 is 1.16 bits per heavy atom. The number of ketones is 1. The summed E-state index contributed by atoms with van der Waals surface area (Å²) in [7, 11) is 3.11. The molecule has 1 fully saturated rings. The summed E-state index contributed by atoms with van der Waals surface area (Å²) < 4.78 is 10.5.